The minimum absolute atomic E-state index is 0.212. The van der Waals surface area contributed by atoms with Crippen LogP contribution >= 0.6 is 0 Å². The summed E-state index contributed by atoms with van der Waals surface area (Å²) in [6.45, 7) is 0. The van der Waals surface area contributed by atoms with Crippen molar-refractivity contribution in [3.8, 4) is 17.2 Å². The van der Waals surface area contributed by atoms with E-state index >= 15 is 0 Å². The van der Waals surface area contributed by atoms with E-state index < -0.39 is 0 Å². The van der Waals surface area contributed by atoms with Crippen LogP contribution in [-0.4, -0.2) is 14.5 Å². The third-order valence-corrected chi connectivity index (χ3v) is 2.82. The molecule has 0 aliphatic heterocycles. The monoisotopic (exact) mass is 240 g/mol. The van der Waals surface area contributed by atoms with Crippen molar-refractivity contribution in [3.63, 3.8) is 0 Å². The quantitative estimate of drug-likeness (QED) is 0.696. The van der Waals surface area contributed by atoms with Crippen LogP contribution in [0.15, 0.2) is 34.1 Å². The largest absolute Gasteiger partial charge is 0.453 e. The number of nitriles is 1. The molecule has 0 atom stereocenters. The molecule has 6 heteroatoms. The van der Waals surface area contributed by atoms with E-state index in [4.69, 9.17) is 9.68 Å². The second kappa shape index (κ2) is 3.60. The Bertz CT molecular complexity index is 832. The Hall–Kier alpha value is -2.81. The fourth-order valence-electron chi connectivity index (χ4n) is 2.04. The second-order valence-corrected chi connectivity index (χ2v) is 3.86. The van der Waals surface area contributed by atoms with Crippen LogP contribution in [0.5, 0.6) is 0 Å². The van der Waals surface area contributed by atoms with Gasteiger partial charge in [0.2, 0.25) is 5.76 Å². The number of aryl methyl sites for hydroxylation is 1. The molecule has 88 valence electrons. The maximum absolute atomic E-state index is 11.7. The highest BCUT2D eigenvalue weighted by Gasteiger charge is 2.16. The molecule has 0 bridgehead atoms. The van der Waals surface area contributed by atoms with E-state index in [9.17, 15) is 4.79 Å². The maximum atomic E-state index is 11.7. The topological polar surface area (TPSA) is 87.6 Å². The van der Waals surface area contributed by atoms with Crippen LogP contribution < -0.4 is 5.56 Å². The highest BCUT2D eigenvalue weighted by atomic mass is 16.3. The lowest BCUT2D eigenvalue weighted by molar-refractivity contribution is 0.553. The Morgan fingerprint density at radius 2 is 2.33 bits per heavy atom. The van der Waals surface area contributed by atoms with Crippen molar-refractivity contribution in [2.45, 2.75) is 0 Å². The van der Waals surface area contributed by atoms with E-state index in [1.165, 1.54) is 12.6 Å². The summed E-state index contributed by atoms with van der Waals surface area (Å²) in [5.41, 5.74) is 2.16. The molecule has 3 rings (SSSR count). The molecule has 6 nitrogen and oxygen atoms in total. The maximum Gasteiger partial charge on any atom is 0.275 e. The normalized spacial score (nSPS) is 10.7. The van der Waals surface area contributed by atoms with Gasteiger partial charge in [-0.1, -0.05) is 0 Å². The SMILES string of the molecule is Cn1cc(-c2ccoc2C#N)c2nc[nH]c(=O)c21. The molecule has 1 N–H and O–H groups in total. The molecule has 0 aliphatic rings. The van der Waals surface area contributed by atoms with E-state index in [2.05, 4.69) is 9.97 Å². The Kier molecular flexibility index (Phi) is 2.07. The van der Waals surface area contributed by atoms with Crippen molar-refractivity contribution >= 4 is 11.0 Å². The molecule has 18 heavy (non-hydrogen) atoms. The smallest absolute Gasteiger partial charge is 0.275 e. The number of H-pyrrole nitrogens is 1. The number of hydrogen-bond donors (Lipinski definition) is 1. The number of hydrogen-bond acceptors (Lipinski definition) is 4. The molecule has 0 radical (unpaired) electrons. The first kappa shape index (κ1) is 10.4. The van der Waals surface area contributed by atoms with Crippen molar-refractivity contribution in [2.24, 2.45) is 7.05 Å². The lowest BCUT2D eigenvalue weighted by Crippen LogP contribution is -2.08. The summed E-state index contributed by atoms with van der Waals surface area (Å²) in [7, 11) is 1.76. The van der Waals surface area contributed by atoms with Gasteiger partial charge in [-0.25, -0.2) is 4.98 Å². The van der Waals surface area contributed by atoms with Gasteiger partial charge in [0, 0.05) is 24.4 Å². The Morgan fingerprint density at radius 1 is 1.50 bits per heavy atom. The third kappa shape index (κ3) is 1.28. The summed E-state index contributed by atoms with van der Waals surface area (Å²) in [4.78, 5) is 18.4. The molecule has 0 saturated carbocycles. The molecule has 0 aliphatic carbocycles. The van der Waals surface area contributed by atoms with Crippen molar-refractivity contribution in [2.75, 3.05) is 0 Å². The molecule has 3 aromatic heterocycles. The zero-order valence-corrected chi connectivity index (χ0v) is 9.47. The van der Waals surface area contributed by atoms with Gasteiger partial charge in [0.1, 0.15) is 17.1 Å². The number of furan rings is 1. The molecule has 3 heterocycles. The van der Waals surface area contributed by atoms with Gasteiger partial charge in [0.25, 0.3) is 5.56 Å². The summed E-state index contributed by atoms with van der Waals surface area (Å²) in [6, 6.07) is 3.66. The number of aromatic amines is 1. The van der Waals surface area contributed by atoms with Crippen LogP contribution in [0.1, 0.15) is 5.76 Å². The average Bonchev–Trinajstić information content (AvgIpc) is 2.94. The number of fused-ring (bicyclic) bond motifs is 1. The van der Waals surface area contributed by atoms with Gasteiger partial charge < -0.3 is 14.0 Å². The van der Waals surface area contributed by atoms with Crippen molar-refractivity contribution in [1.82, 2.24) is 14.5 Å². The summed E-state index contributed by atoms with van der Waals surface area (Å²) >= 11 is 0. The van der Waals surface area contributed by atoms with Gasteiger partial charge in [-0.05, 0) is 6.07 Å². The van der Waals surface area contributed by atoms with Gasteiger partial charge in [-0.2, -0.15) is 5.26 Å². The summed E-state index contributed by atoms with van der Waals surface area (Å²) < 4.78 is 6.76. The molecular weight excluding hydrogens is 232 g/mol. The first-order valence-electron chi connectivity index (χ1n) is 5.23. The molecule has 0 spiro atoms. The Labute approximate surface area is 101 Å². The number of rotatable bonds is 1. The van der Waals surface area contributed by atoms with E-state index in [1.807, 2.05) is 6.07 Å². The van der Waals surface area contributed by atoms with Gasteiger partial charge in [0.15, 0.2) is 0 Å². The van der Waals surface area contributed by atoms with Gasteiger partial charge in [-0.3, -0.25) is 4.79 Å². The van der Waals surface area contributed by atoms with E-state index in [1.54, 1.807) is 23.9 Å². The Morgan fingerprint density at radius 3 is 3.11 bits per heavy atom. The predicted octanol–water partition coefficient (Wildman–Crippen LogP) is 1.39. The average molecular weight is 240 g/mol. The first-order valence-corrected chi connectivity index (χ1v) is 5.23. The minimum atomic E-state index is -0.212. The molecule has 0 aromatic carbocycles. The van der Waals surface area contributed by atoms with E-state index in [0.717, 1.165) is 0 Å². The molecular formula is C12H8N4O2. The summed E-state index contributed by atoms with van der Waals surface area (Å²) in [6.07, 6.45) is 4.55. The van der Waals surface area contributed by atoms with Gasteiger partial charge in [0.05, 0.1) is 12.6 Å². The predicted molar refractivity (Wildman–Crippen MR) is 63.8 cm³/mol. The summed E-state index contributed by atoms with van der Waals surface area (Å²) in [5.74, 6) is 0.213. The van der Waals surface area contributed by atoms with Crippen LogP contribution in [0.3, 0.4) is 0 Å². The third-order valence-electron chi connectivity index (χ3n) is 2.82. The van der Waals surface area contributed by atoms with Crippen molar-refractivity contribution in [3.05, 3.63) is 41.0 Å². The number of aromatic nitrogens is 3. The highest BCUT2D eigenvalue weighted by Crippen LogP contribution is 2.30. The van der Waals surface area contributed by atoms with Crippen LogP contribution in [0.2, 0.25) is 0 Å². The van der Waals surface area contributed by atoms with Crippen molar-refractivity contribution < 1.29 is 4.42 Å². The molecule has 0 unspecified atom stereocenters. The highest BCUT2D eigenvalue weighted by molar-refractivity contribution is 5.93. The van der Waals surface area contributed by atoms with Crippen molar-refractivity contribution in [1.29, 1.82) is 5.26 Å². The van der Waals surface area contributed by atoms with Gasteiger partial charge >= 0.3 is 0 Å². The zero-order valence-electron chi connectivity index (χ0n) is 9.47. The lowest BCUT2D eigenvalue weighted by atomic mass is 10.1. The van der Waals surface area contributed by atoms with Crippen LogP contribution in [0, 0.1) is 11.3 Å². The molecule has 0 amide bonds. The molecule has 0 fully saturated rings. The van der Waals surface area contributed by atoms with Crippen LogP contribution in [-0.2, 0) is 7.05 Å². The number of nitrogens with one attached hydrogen (secondary N) is 1. The lowest BCUT2D eigenvalue weighted by Gasteiger charge is -1.93. The second-order valence-electron chi connectivity index (χ2n) is 3.86. The van der Waals surface area contributed by atoms with E-state index in [0.29, 0.717) is 22.2 Å². The van der Waals surface area contributed by atoms with Crippen LogP contribution in [0.25, 0.3) is 22.2 Å². The fourth-order valence-corrected chi connectivity index (χ4v) is 2.04. The fraction of sp³-hybridized carbons (Fsp3) is 0.0833. The molecule has 3 aromatic rings. The standard InChI is InChI=1S/C12H8N4O2/c1-16-5-8(7-2-3-18-9(7)4-13)10-11(16)12(17)15-6-14-10/h2-3,5-6H,1H3,(H,14,15,17). The number of nitrogens with zero attached hydrogens (tertiary/aromatic N) is 3. The van der Waals surface area contributed by atoms with Gasteiger partial charge in [-0.15, -0.1) is 0 Å². The zero-order chi connectivity index (χ0) is 12.7. The van der Waals surface area contributed by atoms with Crippen LogP contribution in [0.4, 0.5) is 0 Å². The minimum Gasteiger partial charge on any atom is -0.453 e. The summed E-state index contributed by atoms with van der Waals surface area (Å²) in [5, 5.41) is 8.96. The first-order chi connectivity index (χ1) is 8.72. The Balaban J connectivity index is 2.42. The molecule has 0 saturated heterocycles. The van der Waals surface area contributed by atoms with E-state index in [-0.39, 0.29) is 11.3 Å².